The third-order valence-corrected chi connectivity index (χ3v) is 11.4. The van der Waals surface area contributed by atoms with Crippen molar-refractivity contribution in [3.8, 4) is 0 Å². The number of carbonyl (C=O) groups is 4. The van der Waals surface area contributed by atoms with Crippen LogP contribution in [0.3, 0.4) is 0 Å². The predicted molar refractivity (Wildman–Crippen MR) is 210 cm³/mol. The number of aliphatic hydroxyl groups excluding tert-OH is 1. The minimum absolute atomic E-state index is 0.0680. The van der Waals surface area contributed by atoms with E-state index >= 15 is 0 Å². The van der Waals surface area contributed by atoms with Crippen molar-refractivity contribution in [3.05, 3.63) is 115 Å². The Labute approximate surface area is 333 Å². The fourth-order valence-electron chi connectivity index (χ4n) is 6.85. The molecule has 304 valence electrons. The van der Waals surface area contributed by atoms with Crippen LogP contribution in [0.5, 0.6) is 0 Å². The van der Waals surface area contributed by atoms with Crippen molar-refractivity contribution >= 4 is 35.5 Å². The molecule has 4 N–H and O–H groups in total. The number of aryl methyl sites for hydroxylation is 1. The van der Waals surface area contributed by atoms with Crippen molar-refractivity contribution in [1.82, 2.24) is 25.1 Å². The van der Waals surface area contributed by atoms with Gasteiger partial charge in [0.25, 0.3) is 11.5 Å². The Kier molecular flexibility index (Phi) is 13.7. The van der Waals surface area contributed by atoms with E-state index in [1.807, 2.05) is 50.2 Å². The summed E-state index contributed by atoms with van der Waals surface area (Å²) in [6.45, 7) is 8.12. The highest BCUT2D eigenvalue weighted by atomic mass is 32.2. The normalized spacial score (nSPS) is 21.2. The molecule has 57 heavy (non-hydrogen) atoms. The van der Waals surface area contributed by atoms with Gasteiger partial charge in [-0.05, 0) is 57.7 Å². The lowest BCUT2D eigenvalue weighted by molar-refractivity contribution is -0.161. The topological polar surface area (TPSA) is 238 Å². The molecule has 3 aromatic rings. The number of esters is 1. The first kappa shape index (κ1) is 42.7. The summed E-state index contributed by atoms with van der Waals surface area (Å²) in [6.07, 6.45) is -2.52. The van der Waals surface area contributed by atoms with E-state index in [0.717, 1.165) is 11.1 Å². The number of aromatic nitrogens is 2. The molecule has 2 fully saturated rings. The number of ether oxygens (including phenoxy) is 2. The summed E-state index contributed by atoms with van der Waals surface area (Å²) in [5.74, 6) is -2.38. The van der Waals surface area contributed by atoms with E-state index in [4.69, 9.17) is 15.0 Å². The number of nitrogens with zero attached hydrogens (tertiary/aromatic N) is 5. The molecule has 0 saturated carbocycles. The van der Waals surface area contributed by atoms with Gasteiger partial charge in [-0.3, -0.25) is 33.5 Å². The van der Waals surface area contributed by atoms with E-state index < -0.39 is 82.2 Å². The molecule has 0 radical (unpaired) electrons. The van der Waals surface area contributed by atoms with Gasteiger partial charge in [-0.25, -0.2) is 4.79 Å². The Morgan fingerprint density at radius 3 is 2.40 bits per heavy atom. The fraction of sp³-hybridized carbons (Fsp3) is 0.487. The molecule has 17 nitrogen and oxygen atoms in total. The summed E-state index contributed by atoms with van der Waals surface area (Å²) in [4.78, 5) is 85.4. The van der Waals surface area contributed by atoms with Gasteiger partial charge in [-0.2, -0.15) is 0 Å². The molecular weight excluding hydrogens is 757 g/mol. The summed E-state index contributed by atoms with van der Waals surface area (Å²) in [6, 6.07) is 15.5. The summed E-state index contributed by atoms with van der Waals surface area (Å²) in [5, 5.41) is 21.1. The molecular formula is C39H48N8O9S. The van der Waals surface area contributed by atoms with Crippen molar-refractivity contribution in [2.75, 3.05) is 12.5 Å². The predicted octanol–water partition coefficient (Wildman–Crippen LogP) is 2.86. The van der Waals surface area contributed by atoms with Gasteiger partial charge < -0.3 is 30.1 Å². The highest BCUT2D eigenvalue weighted by molar-refractivity contribution is 8.00. The molecule has 0 spiro atoms. The van der Waals surface area contributed by atoms with Crippen molar-refractivity contribution in [1.29, 1.82) is 0 Å². The number of H-pyrrole nitrogens is 1. The lowest BCUT2D eigenvalue weighted by Gasteiger charge is -2.33. The van der Waals surface area contributed by atoms with Crippen LogP contribution < -0.4 is 21.9 Å². The van der Waals surface area contributed by atoms with E-state index in [1.165, 1.54) is 48.2 Å². The lowest BCUT2D eigenvalue weighted by Crippen LogP contribution is -2.58. The second-order valence-electron chi connectivity index (χ2n) is 15.4. The standard InChI is InChI=1S/C39H48N8O9S/c1-23-20-46(37(54)43-33(23)50)30-17-26(44-45-40)28(56-30)21-55-36(53)38(2,3)18-29(48)42-27(16-24-12-8-6-9-13-24)31(49)35(52)47-22-57-39(4,5)32(47)34(51)41-19-25-14-10-7-11-15-25/h6-15,20,26-28,30-32,49H,16-19,21-22H2,1-5H3,(H,41,51)(H,42,48)(H,43,50,54)/t26-,27-,28+,30+,31-,32+/m0/s1. The zero-order chi connectivity index (χ0) is 41.5. The molecule has 0 bridgehead atoms. The van der Waals surface area contributed by atoms with Crippen LogP contribution >= 0.6 is 11.8 Å². The van der Waals surface area contributed by atoms with Crippen LogP contribution in [-0.2, 0) is 41.6 Å². The van der Waals surface area contributed by atoms with Crippen LogP contribution in [0, 0.1) is 12.3 Å². The Hall–Kier alpha value is -5.42. The summed E-state index contributed by atoms with van der Waals surface area (Å²) >= 11 is 1.40. The van der Waals surface area contributed by atoms with Crippen LogP contribution in [0.25, 0.3) is 10.4 Å². The van der Waals surface area contributed by atoms with Gasteiger partial charge in [0.1, 0.15) is 25.0 Å². The Morgan fingerprint density at radius 1 is 1.11 bits per heavy atom. The van der Waals surface area contributed by atoms with Gasteiger partial charge >= 0.3 is 11.7 Å². The molecule has 6 atom stereocenters. The summed E-state index contributed by atoms with van der Waals surface area (Å²) in [7, 11) is 0. The molecule has 2 aliphatic heterocycles. The van der Waals surface area contributed by atoms with E-state index in [2.05, 4.69) is 25.6 Å². The number of aliphatic hydroxyl groups is 1. The van der Waals surface area contributed by atoms with Gasteiger partial charge in [0.2, 0.25) is 11.8 Å². The molecule has 3 heterocycles. The summed E-state index contributed by atoms with van der Waals surface area (Å²) < 4.78 is 12.0. The zero-order valence-electron chi connectivity index (χ0n) is 32.4. The highest BCUT2D eigenvalue weighted by Gasteiger charge is 2.50. The van der Waals surface area contributed by atoms with Crippen LogP contribution in [0.2, 0.25) is 0 Å². The van der Waals surface area contributed by atoms with Crippen LogP contribution in [0.1, 0.15) is 63.5 Å². The number of nitrogens with one attached hydrogen (secondary N) is 3. The Balaban J connectivity index is 1.25. The number of hydrogen-bond donors (Lipinski definition) is 4. The molecule has 5 rings (SSSR count). The number of thioether (sulfide) groups is 1. The quantitative estimate of drug-likeness (QED) is 0.0759. The van der Waals surface area contributed by atoms with Gasteiger partial charge in [0, 0.05) is 40.8 Å². The molecule has 2 aliphatic rings. The second-order valence-corrected chi connectivity index (χ2v) is 17.0. The van der Waals surface area contributed by atoms with Crippen molar-refractivity contribution < 1.29 is 33.8 Å². The van der Waals surface area contributed by atoms with Gasteiger partial charge in [0.15, 0.2) is 6.10 Å². The molecule has 0 aliphatic carbocycles. The third-order valence-electron chi connectivity index (χ3n) is 10.1. The zero-order valence-corrected chi connectivity index (χ0v) is 33.2. The van der Waals surface area contributed by atoms with E-state index in [-0.39, 0.29) is 43.3 Å². The van der Waals surface area contributed by atoms with Gasteiger partial charge in [-0.15, -0.1) is 11.8 Å². The number of benzene rings is 2. The van der Waals surface area contributed by atoms with Crippen molar-refractivity contribution in [2.45, 2.75) is 102 Å². The largest absolute Gasteiger partial charge is 0.462 e. The average molecular weight is 805 g/mol. The van der Waals surface area contributed by atoms with E-state index in [9.17, 15) is 33.9 Å². The molecule has 3 amide bonds. The minimum atomic E-state index is -1.74. The van der Waals surface area contributed by atoms with Crippen molar-refractivity contribution in [3.63, 3.8) is 0 Å². The van der Waals surface area contributed by atoms with Gasteiger partial charge in [-0.1, -0.05) is 65.8 Å². The first-order valence-corrected chi connectivity index (χ1v) is 19.5. The number of hydrogen-bond acceptors (Lipinski definition) is 11. The number of aromatic amines is 1. The minimum Gasteiger partial charge on any atom is -0.462 e. The first-order chi connectivity index (χ1) is 27.0. The maximum atomic E-state index is 14.1. The second kappa shape index (κ2) is 18.2. The molecule has 2 saturated heterocycles. The Morgan fingerprint density at radius 2 is 1.75 bits per heavy atom. The van der Waals surface area contributed by atoms with E-state index in [1.54, 1.807) is 24.3 Å². The maximum absolute atomic E-state index is 14.1. The molecule has 1 aromatic heterocycles. The number of amides is 3. The number of azide groups is 1. The number of carbonyl (C=O) groups excluding carboxylic acids is 4. The molecule has 0 unspecified atom stereocenters. The van der Waals surface area contributed by atoms with Crippen molar-refractivity contribution in [2.24, 2.45) is 10.5 Å². The summed E-state index contributed by atoms with van der Waals surface area (Å²) in [5.41, 5.74) is 8.34. The highest BCUT2D eigenvalue weighted by Crippen LogP contribution is 2.40. The van der Waals surface area contributed by atoms with E-state index in [0.29, 0.717) is 0 Å². The molecule has 18 heteroatoms. The molecule has 2 aromatic carbocycles. The fourth-order valence-corrected chi connectivity index (χ4v) is 7.99. The SMILES string of the molecule is Cc1cn([C@H]2C[C@H](N=[N+]=[N-])[C@@H](COC(=O)C(C)(C)CC(=O)N[C@@H](Cc3ccccc3)[C@H](O)C(=O)N3CSC(C)(C)[C@H]3C(=O)NCc3ccccc3)O2)c(=O)[nH]c1=O. The smallest absolute Gasteiger partial charge is 0.330 e. The first-order valence-electron chi connectivity index (χ1n) is 18.5. The number of rotatable bonds is 15. The average Bonchev–Trinajstić information content (AvgIpc) is 3.73. The monoisotopic (exact) mass is 804 g/mol. The van der Waals surface area contributed by atoms with Crippen LogP contribution in [-0.4, -0.2) is 90.8 Å². The Bertz CT molecular complexity index is 2100. The van der Waals surface area contributed by atoms with Gasteiger partial charge in [0.05, 0.1) is 23.4 Å². The maximum Gasteiger partial charge on any atom is 0.330 e. The van der Waals surface area contributed by atoms with Crippen LogP contribution in [0.15, 0.2) is 81.6 Å². The van der Waals surface area contributed by atoms with Crippen LogP contribution in [0.4, 0.5) is 0 Å². The third kappa shape index (κ3) is 10.5. The lowest BCUT2D eigenvalue weighted by atomic mass is 9.88.